The number of nitrogens with one attached hydrogen (secondary N) is 1. The van der Waals surface area contributed by atoms with Crippen molar-refractivity contribution in [3.8, 4) is 0 Å². The molecule has 1 atom stereocenters. The topological polar surface area (TPSA) is 46.9 Å². The first-order chi connectivity index (χ1) is 9.61. The van der Waals surface area contributed by atoms with Gasteiger partial charge in [-0.25, -0.2) is 0 Å². The number of hydrogen-bond donors (Lipinski definition) is 1. The van der Waals surface area contributed by atoms with Crippen molar-refractivity contribution in [3.05, 3.63) is 18.0 Å². The van der Waals surface area contributed by atoms with Gasteiger partial charge < -0.3 is 5.32 Å². The van der Waals surface area contributed by atoms with Gasteiger partial charge in [0.25, 0.3) is 0 Å². The van der Waals surface area contributed by atoms with E-state index in [0.29, 0.717) is 18.2 Å². The number of carbonyl (C=O) groups is 1. The zero-order chi connectivity index (χ0) is 14.6. The summed E-state index contributed by atoms with van der Waals surface area (Å²) in [7, 11) is 0. The first-order valence-corrected chi connectivity index (χ1v) is 7.89. The van der Waals surface area contributed by atoms with Crippen LogP contribution in [0.25, 0.3) is 0 Å². The lowest BCUT2D eigenvalue weighted by Gasteiger charge is -2.35. The van der Waals surface area contributed by atoms with Crippen LogP contribution in [0, 0.1) is 5.41 Å². The van der Waals surface area contributed by atoms with E-state index in [1.807, 2.05) is 16.9 Å². The third kappa shape index (κ3) is 3.11. The first-order valence-electron chi connectivity index (χ1n) is 7.89. The van der Waals surface area contributed by atoms with Crippen molar-refractivity contribution in [2.24, 2.45) is 5.41 Å². The second-order valence-corrected chi connectivity index (χ2v) is 6.03. The average Bonchev–Trinajstić information content (AvgIpc) is 2.95. The highest BCUT2D eigenvalue weighted by molar-refractivity contribution is 5.86. The summed E-state index contributed by atoms with van der Waals surface area (Å²) >= 11 is 0. The molecule has 112 valence electrons. The van der Waals surface area contributed by atoms with Gasteiger partial charge in [-0.2, -0.15) is 5.10 Å². The molecule has 1 aliphatic rings. The van der Waals surface area contributed by atoms with Gasteiger partial charge in [-0.1, -0.05) is 13.8 Å². The summed E-state index contributed by atoms with van der Waals surface area (Å²) in [5, 5.41) is 7.91. The number of hydrogen-bond acceptors (Lipinski definition) is 3. The summed E-state index contributed by atoms with van der Waals surface area (Å²) in [5.74, 6) is 0.371. The molecule has 0 saturated carbocycles. The summed E-state index contributed by atoms with van der Waals surface area (Å²) in [6.45, 7) is 8.36. The second-order valence-electron chi connectivity index (χ2n) is 6.03. The number of nitrogens with zero attached hydrogens (tertiary/aromatic N) is 2. The molecule has 2 heterocycles. The molecule has 2 rings (SSSR count). The van der Waals surface area contributed by atoms with Crippen LogP contribution in [-0.2, 0) is 11.2 Å². The van der Waals surface area contributed by atoms with Gasteiger partial charge in [-0.3, -0.25) is 9.48 Å². The molecule has 1 unspecified atom stereocenters. The minimum atomic E-state index is -0.120. The molecule has 1 aromatic heterocycles. The van der Waals surface area contributed by atoms with E-state index in [0.717, 1.165) is 44.5 Å². The fourth-order valence-corrected chi connectivity index (χ4v) is 2.99. The van der Waals surface area contributed by atoms with E-state index < -0.39 is 0 Å². The molecule has 1 fully saturated rings. The van der Waals surface area contributed by atoms with Crippen molar-refractivity contribution in [1.29, 1.82) is 0 Å². The molecule has 1 aliphatic heterocycles. The largest absolute Gasteiger partial charge is 0.317 e. The van der Waals surface area contributed by atoms with E-state index >= 15 is 0 Å². The molecule has 4 heteroatoms. The number of Topliss-reactive ketones (excluding diaryl/α,β-unsaturated/α-hetero) is 1. The van der Waals surface area contributed by atoms with Crippen molar-refractivity contribution >= 4 is 5.78 Å². The second kappa shape index (κ2) is 6.53. The maximum absolute atomic E-state index is 12.7. The SMILES string of the molecule is CCC(C)n1ccc(CC(=O)C2(CC)CCNCC2)n1. The Morgan fingerprint density at radius 1 is 1.45 bits per heavy atom. The van der Waals surface area contributed by atoms with Crippen molar-refractivity contribution < 1.29 is 4.79 Å². The van der Waals surface area contributed by atoms with E-state index in [-0.39, 0.29) is 5.41 Å². The van der Waals surface area contributed by atoms with Gasteiger partial charge >= 0.3 is 0 Å². The predicted octanol–water partition coefficient (Wildman–Crippen LogP) is 2.75. The summed E-state index contributed by atoms with van der Waals surface area (Å²) in [6, 6.07) is 2.40. The van der Waals surface area contributed by atoms with E-state index in [9.17, 15) is 4.79 Å². The van der Waals surface area contributed by atoms with Crippen LogP contribution in [0.5, 0.6) is 0 Å². The Kier molecular flexibility index (Phi) is 4.97. The van der Waals surface area contributed by atoms with Gasteiger partial charge in [0.2, 0.25) is 0 Å². The lowest BCUT2D eigenvalue weighted by atomic mass is 9.72. The standard InChI is InChI=1S/C16H27N3O/c1-4-13(3)19-11-6-14(18-19)12-15(20)16(5-2)7-9-17-10-8-16/h6,11,13,17H,4-5,7-10,12H2,1-3H3. The Bertz CT molecular complexity index is 446. The summed E-state index contributed by atoms with van der Waals surface area (Å²) < 4.78 is 1.98. The van der Waals surface area contributed by atoms with Crippen molar-refractivity contribution in [1.82, 2.24) is 15.1 Å². The van der Waals surface area contributed by atoms with Gasteiger partial charge in [0.05, 0.1) is 12.1 Å². The normalized spacial score (nSPS) is 19.8. The van der Waals surface area contributed by atoms with E-state index in [1.54, 1.807) is 0 Å². The highest BCUT2D eigenvalue weighted by Gasteiger charge is 2.37. The lowest BCUT2D eigenvalue weighted by Crippen LogP contribution is -2.42. The highest BCUT2D eigenvalue weighted by Crippen LogP contribution is 2.34. The Balaban J connectivity index is 2.04. The van der Waals surface area contributed by atoms with Crippen molar-refractivity contribution in [2.45, 2.75) is 58.9 Å². The maximum Gasteiger partial charge on any atom is 0.145 e. The molecule has 0 radical (unpaired) electrons. The van der Waals surface area contributed by atoms with Crippen molar-refractivity contribution in [2.75, 3.05) is 13.1 Å². The molecular formula is C16H27N3O. The van der Waals surface area contributed by atoms with Gasteiger partial charge in [0, 0.05) is 17.7 Å². The molecule has 0 aromatic carbocycles. The number of ketones is 1. The van der Waals surface area contributed by atoms with Crippen LogP contribution in [0.3, 0.4) is 0 Å². The number of carbonyl (C=O) groups excluding carboxylic acids is 1. The monoisotopic (exact) mass is 277 g/mol. The molecule has 0 spiro atoms. The number of rotatable bonds is 6. The molecular weight excluding hydrogens is 250 g/mol. The Morgan fingerprint density at radius 3 is 2.75 bits per heavy atom. The summed E-state index contributed by atoms with van der Waals surface area (Å²) in [4.78, 5) is 12.7. The zero-order valence-corrected chi connectivity index (χ0v) is 13.0. The van der Waals surface area contributed by atoms with Crippen LogP contribution in [0.4, 0.5) is 0 Å². The van der Waals surface area contributed by atoms with Gasteiger partial charge in [-0.15, -0.1) is 0 Å². The van der Waals surface area contributed by atoms with E-state index in [4.69, 9.17) is 0 Å². The quantitative estimate of drug-likeness (QED) is 0.869. The Morgan fingerprint density at radius 2 is 2.15 bits per heavy atom. The van der Waals surface area contributed by atoms with Gasteiger partial charge in [-0.05, 0) is 51.8 Å². The molecule has 1 N–H and O–H groups in total. The lowest BCUT2D eigenvalue weighted by molar-refractivity contribution is -0.129. The predicted molar refractivity (Wildman–Crippen MR) is 80.8 cm³/mol. The highest BCUT2D eigenvalue weighted by atomic mass is 16.1. The number of piperidine rings is 1. The third-order valence-electron chi connectivity index (χ3n) is 4.88. The fraction of sp³-hybridized carbons (Fsp3) is 0.750. The Labute approximate surface area is 121 Å². The van der Waals surface area contributed by atoms with E-state index in [2.05, 4.69) is 31.2 Å². The van der Waals surface area contributed by atoms with E-state index in [1.165, 1.54) is 0 Å². The molecule has 0 bridgehead atoms. The summed E-state index contributed by atoms with van der Waals surface area (Å²) in [6.07, 6.45) is 6.41. The van der Waals surface area contributed by atoms with Crippen LogP contribution in [0.1, 0.15) is 58.2 Å². The maximum atomic E-state index is 12.7. The third-order valence-corrected chi connectivity index (χ3v) is 4.88. The molecule has 1 saturated heterocycles. The fourth-order valence-electron chi connectivity index (χ4n) is 2.99. The molecule has 0 aliphatic carbocycles. The molecule has 20 heavy (non-hydrogen) atoms. The average molecular weight is 277 g/mol. The molecule has 0 amide bonds. The molecule has 1 aromatic rings. The van der Waals surface area contributed by atoms with Crippen LogP contribution >= 0.6 is 0 Å². The summed E-state index contributed by atoms with van der Waals surface area (Å²) in [5.41, 5.74) is 0.799. The van der Waals surface area contributed by atoms with Crippen LogP contribution < -0.4 is 5.32 Å². The minimum Gasteiger partial charge on any atom is -0.317 e. The minimum absolute atomic E-state index is 0.120. The van der Waals surface area contributed by atoms with Crippen LogP contribution in [-0.4, -0.2) is 28.7 Å². The Hall–Kier alpha value is -1.16. The van der Waals surface area contributed by atoms with Gasteiger partial charge in [0.1, 0.15) is 5.78 Å². The van der Waals surface area contributed by atoms with Crippen LogP contribution in [0.2, 0.25) is 0 Å². The number of aromatic nitrogens is 2. The smallest absolute Gasteiger partial charge is 0.145 e. The first kappa shape index (κ1) is 15.2. The zero-order valence-electron chi connectivity index (χ0n) is 13.0. The van der Waals surface area contributed by atoms with Crippen molar-refractivity contribution in [3.63, 3.8) is 0 Å². The van der Waals surface area contributed by atoms with Gasteiger partial charge in [0.15, 0.2) is 0 Å². The molecule has 4 nitrogen and oxygen atoms in total. The van der Waals surface area contributed by atoms with Crippen LogP contribution in [0.15, 0.2) is 12.3 Å².